The molecule has 1 aliphatic heterocycles. The first kappa shape index (κ1) is 21.4. The Bertz CT molecular complexity index is 620. The maximum atomic E-state index is 12.5. The second kappa shape index (κ2) is 8.59. The van der Waals surface area contributed by atoms with Gasteiger partial charge in [-0.3, -0.25) is 4.90 Å². The molecule has 0 bridgehead atoms. The summed E-state index contributed by atoms with van der Waals surface area (Å²) in [6.45, 7) is 6.79. The summed E-state index contributed by atoms with van der Waals surface area (Å²) in [5.74, 6) is -0.361. The molecule has 4 nitrogen and oxygen atoms in total. The number of nitrogens with one attached hydrogen (secondary N) is 1. The van der Waals surface area contributed by atoms with Gasteiger partial charge in [-0.25, -0.2) is 0 Å². The third-order valence-electron chi connectivity index (χ3n) is 5.96. The highest BCUT2D eigenvalue weighted by molar-refractivity contribution is 5.32. The predicted molar refractivity (Wildman–Crippen MR) is 102 cm³/mol. The van der Waals surface area contributed by atoms with Crippen LogP contribution in [0.15, 0.2) is 24.3 Å². The molecule has 1 saturated heterocycles. The van der Waals surface area contributed by atoms with Gasteiger partial charge in [-0.05, 0) is 44.4 Å². The molecule has 28 heavy (non-hydrogen) atoms. The maximum Gasteiger partial charge on any atom is 0.573 e. The van der Waals surface area contributed by atoms with Crippen molar-refractivity contribution >= 4 is 0 Å². The van der Waals surface area contributed by atoms with E-state index >= 15 is 0 Å². The highest BCUT2D eigenvalue weighted by Gasteiger charge is 2.40. The molecule has 3 atom stereocenters. The minimum atomic E-state index is -4.70. The summed E-state index contributed by atoms with van der Waals surface area (Å²) in [6, 6.07) is 6.79. The average molecular weight is 400 g/mol. The summed E-state index contributed by atoms with van der Waals surface area (Å²) >= 11 is 0. The number of hydrogen-bond acceptors (Lipinski definition) is 4. The van der Waals surface area contributed by atoms with Crippen molar-refractivity contribution in [1.82, 2.24) is 10.2 Å². The first-order valence-corrected chi connectivity index (χ1v) is 10.2. The molecule has 2 N–H and O–H groups in total. The van der Waals surface area contributed by atoms with Crippen molar-refractivity contribution in [2.75, 3.05) is 19.6 Å². The summed E-state index contributed by atoms with van der Waals surface area (Å²) in [4.78, 5) is 2.36. The van der Waals surface area contributed by atoms with Crippen molar-refractivity contribution in [1.29, 1.82) is 0 Å². The van der Waals surface area contributed by atoms with Gasteiger partial charge in [0.05, 0.1) is 5.60 Å². The number of ether oxygens (including phenoxy) is 1. The Morgan fingerprint density at radius 3 is 2.21 bits per heavy atom. The third kappa shape index (κ3) is 5.61. The van der Waals surface area contributed by atoms with Crippen LogP contribution in [0.4, 0.5) is 13.2 Å². The number of aliphatic hydroxyl groups is 1. The van der Waals surface area contributed by atoms with E-state index in [9.17, 15) is 18.3 Å². The SMILES string of the molecule is CC1CN(CC(c2ccc(OC(F)(F)F)cc2)C2(O)CCCCC2)C[C@H](C)N1. The Morgan fingerprint density at radius 1 is 1.11 bits per heavy atom. The van der Waals surface area contributed by atoms with Crippen LogP contribution in [-0.4, -0.2) is 53.7 Å². The van der Waals surface area contributed by atoms with Gasteiger partial charge in [0, 0.05) is 37.6 Å². The van der Waals surface area contributed by atoms with Crippen LogP contribution >= 0.6 is 0 Å². The van der Waals surface area contributed by atoms with Crippen LogP contribution in [0.25, 0.3) is 0 Å². The molecule has 1 saturated carbocycles. The number of nitrogens with zero attached hydrogens (tertiary/aromatic N) is 1. The van der Waals surface area contributed by atoms with E-state index in [1.807, 2.05) is 0 Å². The molecule has 1 aromatic rings. The van der Waals surface area contributed by atoms with Gasteiger partial charge in [-0.1, -0.05) is 31.4 Å². The normalized spacial score (nSPS) is 27.4. The Balaban J connectivity index is 1.81. The van der Waals surface area contributed by atoms with Crippen molar-refractivity contribution in [3.8, 4) is 5.75 Å². The molecule has 0 amide bonds. The molecule has 3 rings (SSSR count). The van der Waals surface area contributed by atoms with Crippen LogP contribution in [0.3, 0.4) is 0 Å². The Hall–Kier alpha value is -1.31. The van der Waals surface area contributed by atoms with E-state index in [4.69, 9.17) is 0 Å². The topological polar surface area (TPSA) is 44.7 Å². The third-order valence-corrected chi connectivity index (χ3v) is 5.96. The molecule has 2 unspecified atom stereocenters. The maximum absolute atomic E-state index is 12.5. The van der Waals surface area contributed by atoms with Crippen LogP contribution < -0.4 is 10.1 Å². The van der Waals surface area contributed by atoms with E-state index in [2.05, 4.69) is 28.8 Å². The summed E-state index contributed by atoms with van der Waals surface area (Å²) in [6.07, 6.45) is -0.150. The summed E-state index contributed by atoms with van der Waals surface area (Å²) < 4.78 is 41.4. The number of piperazine rings is 1. The number of hydrogen-bond donors (Lipinski definition) is 2. The minimum absolute atomic E-state index is 0.134. The molecule has 2 fully saturated rings. The van der Waals surface area contributed by atoms with Crippen LogP contribution in [0.1, 0.15) is 57.4 Å². The standard InChI is InChI=1S/C21H31F3N2O2/c1-15-12-26(13-16(2)25-15)14-19(20(27)10-4-3-5-11-20)17-6-8-18(9-7-17)28-21(22,23)24/h6-9,15-16,19,25,27H,3-5,10-14H2,1-2H3/t15-,16?,19?/m0/s1. The van der Waals surface area contributed by atoms with E-state index in [0.29, 0.717) is 18.6 Å². The fraction of sp³-hybridized carbons (Fsp3) is 0.714. The van der Waals surface area contributed by atoms with Crippen LogP contribution in [-0.2, 0) is 0 Å². The summed E-state index contributed by atoms with van der Waals surface area (Å²) in [5.41, 5.74) is 0.0555. The Labute approximate surface area is 165 Å². The second-order valence-electron chi connectivity index (χ2n) is 8.52. The van der Waals surface area contributed by atoms with Gasteiger partial charge in [0.1, 0.15) is 5.75 Å². The van der Waals surface area contributed by atoms with Crippen LogP contribution in [0, 0.1) is 0 Å². The van der Waals surface area contributed by atoms with Gasteiger partial charge in [0.15, 0.2) is 0 Å². The monoisotopic (exact) mass is 400 g/mol. The van der Waals surface area contributed by atoms with Crippen molar-refractivity contribution in [3.63, 3.8) is 0 Å². The van der Waals surface area contributed by atoms with E-state index < -0.39 is 12.0 Å². The van der Waals surface area contributed by atoms with E-state index in [-0.39, 0.29) is 11.7 Å². The van der Waals surface area contributed by atoms with Crippen molar-refractivity contribution in [3.05, 3.63) is 29.8 Å². The van der Waals surface area contributed by atoms with Crippen molar-refractivity contribution < 1.29 is 23.0 Å². The highest BCUT2D eigenvalue weighted by atomic mass is 19.4. The molecule has 1 aliphatic carbocycles. The quantitative estimate of drug-likeness (QED) is 0.783. The zero-order valence-corrected chi connectivity index (χ0v) is 16.6. The molecule has 0 radical (unpaired) electrons. The van der Waals surface area contributed by atoms with Crippen molar-refractivity contribution in [2.45, 2.75) is 75.9 Å². The van der Waals surface area contributed by atoms with Crippen LogP contribution in [0.5, 0.6) is 5.75 Å². The fourth-order valence-corrected chi connectivity index (χ4v) is 4.85. The van der Waals surface area contributed by atoms with Gasteiger partial charge < -0.3 is 15.2 Å². The Morgan fingerprint density at radius 2 is 1.68 bits per heavy atom. The van der Waals surface area contributed by atoms with Crippen LogP contribution in [0.2, 0.25) is 0 Å². The molecule has 1 aromatic carbocycles. The molecule has 1 heterocycles. The summed E-state index contributed by atoms with van der Waals surface area (Å²) in [5, 5.41) is 15.0. The lowest BCUT2D eigenvalue weighted by Crippen LogP contribution is -2.56. The smallest absolute Gasteiger partial charge is 0.406 e. The fourth-order valence-electron chi connectivity index (χ4n) is 4.85. The van der Waals surface area contributed by atoms with Gasteiger partial charge >= 0.3 is 6.36 Å². The van der Waals surface area contributed by atoms with Gasteiger partial charge in [-0.15, -0.1) is 13.2 Å². The van der Waals surface area contributed by atoms with E-state index in [1.165, 1.54) is 12.1 Å². The highest BCUT2D eigenvalue weighted by Crippen LogP contribution is 2.41. The van der Waals surface area contributed by atoms with E-state index in [1.54, 1.807) is 12.1 Å². The molecule has 158 valence electrons. The second-order valence-corrected chi connectivity index (χ2v) is 8.52. The predicted octanol–water partition coefficient (Wildman–Crippen LogP) is 4.05. The largest absolute Gasteiger partial charge is 0.573 e. The number of halogens is 3. The lowest BCUT2D eigenvalue weighted by atomic mass is 9.72. The zero-order chi connectivity index (χ0) is 20.4. The van der Waals surface area contributed by atoms with Gasteiger partial charge in [0.25, 0.3) is 0 Å². The molecular weight excluding hydrogens is 369 g/mol. The number of benzene rings is 1. The molecule has 0 aromatic heterocycles. The van der Waals surface area contributed by atoms with Gasteiger partial charge in [0.2, 0.25) is 0 Å². The molecule has 2 aliphatic rings. The van der Waals surface area contributed by atoms with Gasteiger partial charge in [-0.2, -0.15) is 0 Å². The lowest BCUT2D eigenvalue weighted by Gasteiger charge is -2.44. The Kier molecular flexibility index (Phi) is 6.57. The average Bonchev–Trinajstić information content (AvgIpc) is 2.59. The first-order chi connectivity index (χ1) is 13.1. The number of alkyl halides is 3. The van der Waals surface area contributed by atoms with E-state index in [0.717, 1.165) is 50.8 Å². The zero-order valence-electron chi connectivity index (χ0n) is 16.6. The first-order valence-electron chi connectivity index (χ1n) is 10.2. The number of rotatable bonds is 5. The summed E-state index contributed by atoms with van der Waals surface area (Å²) in [7, 11) is 0. The molecule has 7 heteroatoms. The molecular formula is C21H31F3N2O2. The van der Waals surface area contributed by atoms with Crippen molar-refractivity contribution in [2.24, 2.45) is 0 Å². The lowest BCUT2D eigenvalue weighted by molar-refractivity contribution is -0.274. The minimum Gasteiger partial charge on any atom is -0.406 e. The molecule has 0 spiro atoms.